The number of urea groups is 1. The quantitative estimate of drug-likeness (QED) is 0.756. The summed E-state index contributed by atoms with van der Waals surface area (Å²) in [5.74, 6) is 0. The Balaban J connectivity index is 1.80. The number of hydrogen-bond acceptors (Lipinski definition) is 4. The molecule has 0 aliphatic rings. The number of aromatic nitrogens is 2. The number of carbonyl (C=O) groups excluding carboxylic acids is 1. The first-order chi connectivity index (χ1) is 11.6. The van der Waals surface area contributed by atoms with Gasteiger partial charge in [0.05, 0.1) is 29.5 Å². The lowest BCUT2D eigenvalue weighted by atomic mass is 10.3. The van der Waals surface area contributed by atoms with Crippen molar-refractivity contribution in [3.05, 3.63) is 36.2 Å². The zero-order valence-corrected chi connectivity index (χ0v) is 14.8. The molecule has 0 aliphatic carbocycles. The Kier molecular flexibility index (Phi) is 6.93. The number of hydrogen-bond donors (Lipinski definition) is 1. The molecule has 130 valence electrons. The minimum atomic E-state index is -0.0792. The number of nitrogens with one attached hydrogen (secondary N) is 1. The van der Waals surface area contributed by atoms with Crippen LogP contribution in [0.25, 0.3) is 11.0 Å². The molecule has 1 aromatic heterocycles. The number of nitrogens with zero attached hydrogens (tertiary/aromatic N) is 4. The number of rotatable bonds is 8. The Morgan fingerprint density at radius 3 is 2.58 bits per heavy atom. The SMILES string of the molecule is CCN(CC)CCCNC(=O)N(C)Cc1cnc2ccccc2n1. The Morgan fingerprint density at radius 1 is 1.17 bits per heavy atom. The zero-order chi connectivity index (χ0) is 17.4. The van der Waals surface area contributed by atoms with E-state index in [-0.39, 0.29) is 6.03 Å². The highest BCUT2D eigenvalue weighted by Crippen LogP contribution is 2.09. The predicted molar refractivity (Wildman–Crippen MR) is 96.8 cm³/mol. The van der Waals surface area contributed by atoms with Gasteiger partial charge in [-0.1, -0.05) is 26.0 Å². The van der Waals surface area contributed by atoms with Gasteiger partial charge in [0.1, 0.15) is 0 Å². The standard InChI is InChI=1S/C18H27N5O/c1-4-23(5-2)12-8-11-19-18(24)22(3)14-15-13-20-16-9-6-7-10-17(16)21-15/h6-7,9-10,13H,4-5,8,11-12,14H2,1-3H3,(H,19,24). The first-order valence-electron chi connectivity index (χ1n) is 8.56. The van der Waals surface area contributed by atoms with E-state index in [2.05, 4.69) is 34.0 Å². The lowest BCUT2D eigenvalue weighted by Gasteiger charge is -2.20. The molecule has 0 aliphatic heterocycles. The Morgan fingerprint density at radius 2 is 1.88 bits per heavy atom. The van der Waals surface area contributed by atoms with E-state index < -0.39 is 0 Å². The fourth-order valence-corrected chi connectivity index (χ4v) is 2.56. The van der Waals surface area contributed by atoms with Crippen LogP contribution in [0.1, 0.15) is 26.0 Å². The van der Waals surface area contributed by atoms with Crippen molar-refractivity contribution in [2.45, 2.75) is 26.8 Å². The zero-order valence-electron chi connectivity index (χ0n) is 14.8. The first-order valence-corrected chi connectivity index (χ1v) is 8.56. The molecule has 0 radical (unpaired) electrons. The number of para-hydroxylation sites is 2. The molecular weight excluding hydrogens is 302 g/mol. The van der Waals surface area contributed by atoms with Crippen molar-refractivity contribution in [1.82, 2.24) is 25.1 Å². The van der Waals surface area contributed by atoms with Crippen molar-refractivity contribution in [2.24, 2.45) is 0 Å². The minimum absolute atomic E-state index is 0.0792. The van der Waals surface area contributed by atoms with Gasteiger partial charge in [-0.05, 0) is 38.2 Å². The van der Waals surface area contributed by atoms with Gasteiger partial charge >= 0.3 is 6.03 Å². The van der Waals surface area contributed by atoms with E-state index in [1.165, 1.54) is 0 Å². The van der Waals surface area contributed by atoms with Crippen LogP contribution >= 0.6 is 0 Å². The van der Waals surface area contributed by atoms with Crippen LogP contribution in [0.5, 0.6) is 0 Å². The lowest BCUT2D eigenvalue weighted by Crippen LogP contribution is -2.38. The third-order valence-electron chi connectivity index (χ3n) is 4.07. The molecule has 0 saturated heterocycles. The summed E-state index contributed by atoms with van der Waals surface area (Å²) < 4.78 is 0. The summed E-state index contributed by atoms with van der Waals surface area (Å²) in [6, 6.07) is 7.66. The van der Waals surface area contributed by atoms with Crippen LogP contribution in [-0.4, -0.2) is 59.0 Å². The van der Waals surface area contributed by atoms with E-state index in [0.29, 0.717) is 13.1 Å². The summed E-state index contributed by atoms with van der Waals surface area (Å²) in [4.78, 5) is 25.1. The molecule has 0 bridgehead atoms. The summed E-state index contributed by atoms with van der Waals surface area (Å²) in [5.41, 5.74) is 2.50. The summed E-state index contributed by atoms with van der Waals surface area (Å²) >= 11 is 0. The molecule has 0 fully saturated rings. The average Bonchev–Trinajstić information content (AvgIpc) is 2.61. The molecule has 2 amide bonds. The van der Waals surface area contributed by atoms with E-state index in [4.69, 9.17) is 0 Å². The van der Waals surface area contributed by atoms with Crippen LogP contribution in [0.3, 0.4) is 0 Å². The molecule has 6 heteroatoms. The van der Waals surface area contributed by atoms with Gasteiger partial charge < -0.3 is 15.1 Å². The lowest BCUT2D eigenvalue weighted by molar-refractivity contribution is 0.205. The second-order valence-corrected chi connectivity index (χ2v) is 5.82. The van der Waals surface area contributed by atoms with Crippen molar-refractivity contribution in [3.8, 4) is 0 Å². The maximum atomic E-state index is 12.1. The number of fused-ring (bicyclic) bond motifs is 1. The highest BCUT2D eigenvalue weighted by Gasteiger charge is 2.10. The molecule has 24 heavy (non-hydrogen) atoms. The molecule has 2 rings (SSSR count). The summed E-state index contributed by atoms with van der Waals surface area (Å²) in [6.07, 6.45) is 2.68. The third kappa shape index (κ3) is 5.16. The van der Waals surface area contributed by atoms with Gasteiger partial charge in [0.15, 0.2) is 0 Å². The maximum absolute atomic E-state index is 12.1. The predicted octanol–water partition coefficient (Wildman–Crippen LogP) is 2.50. The molecule has 1 aromatic carbocycles. The molecular formula is C18H27N5O. The third-order valence-corrected chi connectivity index (χ3v) is 4.07. The normalized spacial score (nSPS) is 11.0. The average molecular weight is 329 g/mol. The molecule has 2 aromatic rings. The van der Waals surface area contributed by atoms with Crippen molar-refractivity contribution in [3.63, 3.8) is 0 Å². The minimum Gasteiger partial charge on any atom is -0.338 e. The molecule has 0 unspecified atom stereocenters. The van der Waals surface area contributed by atoms with Crippen molar-refractivity contribution < 1.29 is 4.79 Å². The fourth-order valence-electron chi connectivity index (χ4n) is 2.56. The largest absolute Gasteiger partial charge is 0.338 e. The first kappa shape index (κ1) is 18.1. The van der Waals surface area contributed by atoms with Crippen LogP contribution in [-0.2, 0) is 6.54 Å². The second-order valence-electron chi connectivity index (χ2n) is 5.82. The Labute approximate surface area is 143 Å². The van der Waals surface area contributed by atoms with E-state index in [9.17, 15) is 4.79 Å². The van der Waals surface area contributed by atoms with Gasteiger partial charge in [-0.15, -0.1) is 0 Å². The van der Waals surface area contributed by atoms with E-state index in [1.54, 1.807) is 18.1 Å². The van der Waals surface area contributed by atoms with Crippen molar-refractivity contribution in [1.29, 1.82) is 0 Å². The number of amides is 2. The Hall–Kier alpha value is -2.21. The molecule has 6 nitrogen and oxygen atoms in total. The second kappa shape index (κ2) is 9.17. The van der Waals surface area contributed by atoms with Gasteiger partial charge in [0.2, 0.25) is 0 Å². The molecule has 1 heterocycles. The summed E-state index contributed by atoms with van der Waals surface area (Å²) in [7, 11) is 1.77. The van der Waals surface area contributed by atoms with E-state index in [1.807, 2.05) is 24.3 Å². The van der Waals surface area contributed by atoms with Crippen LogP contribution in [0, 0.1) is 0 Å². The van der Waals surface area contributed by atoms with Crippen molar-refractivity contribution in [2.75, 3.05) is 33.2 Å². The van der Waals surface area contributed by atoms with E-state index >= 15 is 0 Å². The highest BCUT2D eigenvalue weighted by molar-refractivity contribution is 5.75. The van der Waals surface area contributed by atoms with Crippen LogP contribution in [0.2, 0.25) is 0 Å². The Bertz CT molecular complexity index is 657. The molecule has 0 spiro atoms. The van der Waals surface area contributed by atoms with Gasteiger partial charge in [0, 0.05) is 13.6 Å². The maximum Gasteiger partial charge on any atom is 0.317 e. The van der Waals surface area contributed by atoms with Gasteiger partial charge in [0.25, 0.3) is 0 Å². The topological polar surface area (TPSA) is 61.4 Å². The monoisotopic (exact) mass is 329 g/mol. The molecule has 0 saturated carbocycles. The fraction of sp³-hybridized carbons (Fsp3) is 0.500. The van der Waals surface area contributed by atoms with Crippen molar-refractivity contribution >= 4 is 17.1 Å². The van der Waals surface area contributed by atoms with Gasteiger partial charge in [-0.25, -0.2) is 9.78 Å². The molecule has 1 N–H and O–H groups in total. The van der Waals surface area contributed by atoms with Gasteiger partial charge in [-0.2, -0.15) is 0 Å². The van der Waals surface area contributed by atoms with Crippen LogP contribution in [0.4, 0.5) is 4.79 Å². The molecule has 0 atom stereocenters. The number of benzene rings is 1. The van der Waals surface area contributed by atoms with Gasteiger partial charge in [-0.3, -0.25) is 4.98 Å². The van der Waals surface area contributed by atoms with Crippen LogP contribution in [0.15, 0.2) is 30.5 Å². The summed E-state index contributed by atoms with van der Waals surface area (Å²) in [6.45, 7) is 8.53. The summed E-state index contributed by atoms with van der Waals surface area (Å²) in [5, 5.41) is 2.96. The van der Waals surface area contributed by atoms with E-state index in [0.717, 1.165) is 42.8 Å². The highest BCUT2D eigenvalue weighted by atomic mass is 16.2. The number of carbonyl (C=O) groups is 1. The smallest absolute Gasteiger partial charge is 0.317 e. The van der Waals surface area contributed by atoms with Crippen LogP contribution < -0.4 is 5.32 Å².